The van der Waals surface area contributed by atoms with Crippen LogP contribution in [-0.2, 0) is 4.79 Å². The van der Waals surface area contributed by atoms with Gasteiger partial charge in [0.05, 0.1) is 5.39 Å². The van der Waals surface area contributed by atoms with Crippen molar-refractivity contribution >= 4 is 33.3 Å². The van der Waals surface area contributed by atoms with Gasteiger partial charge in [0.15, 0.2) is 0 Å². The summed E-state index contributed by atoms with van der Waals surface area (Å²) in [4.78, 5) is 24.9. The maximum Gasteiger partial charge on any atom is 0.236 e. The molecule has 3 aromatic rings. The summed E-state index contributed by atoms with van der Waals surface area (Å²) in [5.74, 6) is 0.552. The van der Waals surface area contributed by atoms with Crippen LogP contribution in [0.4, 0.5) is 5.82 Å². The highest BCUT2D eigenvalue weighted by Crippen LogP contribution is 2.40. The fraction of sp³-hybridized carbons (Fsp3) is 0.278. The lowest BCUT2D eigenvalue weighted by Crippen LogP contribution is -2.56. The molecule has 6 nitrogen and oxygen atoms in total. The Morgan fingerprint density at radius 1 is 1.32 bits per heavy atom. The number of thiophene rings is 1. The van der Waals surface area contributed by atoms with Crippen LogP contribution in [0.2, 0.25) is 0 Å². The Hall–Kier alpha value is -2.51. The molecule has 3 heterocycles. The SMILES string of the molecule is Cc1c(-c2ccccc2)sc2ncnc(N3CCN[C@@H](C(N)=O)C3)c12. The molecule has 3 N–H and O–H groups in total. The van der Waals surface area contributed by atoms with Gasteiger partial charge in [-0.15, -0.1) is 11.3 Å². The number of carbonyl (C=O) groups excluding carboxylic acids is 1. The highest BCUT2D eigenvalue weighted by atomic mass is 32.1. The Morgan fingerprint density at radius 2 is 2.12 bits per heavy atom. The van der Waals surface area contributed by atoms with Gasteiger partial charge >= 0.3 is 0 Å². The number of primary amides is 1. The van der Waals surface area contributed by atoms with E-state index in [2.05, 4.69) is 39.2 Å². The van der Waals surface area contributed by atoms with Crippen LogP contribution in [0.5, 0.6) is 0 Å². The molecule has 1 saturated heterocycles. The number of aromatic nitrogens is 2. The molecule has 0 radical (unpaired) electrons. The van der Waals surface area contributed by atoms with E-state index < -0.39 is 0 Å². The van der Waals surface area contributed by atoms with Gasteiger partial charge in [0.2, 0.25) is 5.91 Å². The van der Waals surface area contributed by atoms with E-state index in [0.29, 0.717) is 13.1 Å². The van der Waals surface area contributed by atoms with E-state index in [9.17, 15) is 4.79 Å². The number of amides is 1. The number of nitrogens with two attached hydrogens (primary N) is 1. The van der Waals surface area contributed by atoms with E-state index in [1.165, 1.54) is 16.0 Å². The first-order valence-corrected chi connectivity index (χ1v) is 9.04. The Balaban J connectivity index is 1.80. The summed E-state index contributed by atoms with van der Waals surface area (Å²) in [6.45, 7) is 4.12. The Bertz CT molecular complexity index is 924. The molecule has 4 rings (SSSR count). The molecule has 2 aromatic heterocycles. The molecule has 0 saturated carbocycles. The molecular weight excluding hydrogens is 334 g/mol. The van der Waals surface area contributed by atoms with Crippen LogP contribution in [0.25, 0.3) is 20.7 Å². The second-order valence-corrected chi connectivity index (χ2v) is 7.15. The van der Waals surface area contributed by atoms with E-state index in [4.69, 9.17) is 5.73 Å². The lowest BCUT2D eigenvalue weighted by Gasteiger charge is -2.33. The molecule has 128 valence electrons. The second-order valence-electron chi connectivity index (χ2n) is 6.15. The fourth-order valence-electron chi connectivity index (χ4n) is 3.29. The van der Waals surface area contributed by atoms with Crippen molar-refractivity contribution in [1.82, 2.24) is 15.3 Å². The zero-order valence-electron chi connectivity index (χ0n) is 13.9. The van der Waals surface area contributed by atoms with E-state index in [0.717, 1.165) is 22.6 Å². The third kappa shape index (κ3) is 2.85. The van der Waals surface area contributed by atoms with E-state index in [-0.39, 0.29) is 11.9 Å². The zero-order chi connectivity index (χ0) is 17.4. The van der Waals surface area contributed by atoms with Crippen molar-refractivity contribution in [1.29, 1.82) is 0 Å². The summed E-state index contributed by atoms with van der Waals surface area (Å²) < 4.78 is 0. The number of piperazine rings is 1. The average molecular weight is 353 g/mol. The van der Waals surface area contributed by atoms with Crippen LogP contribution >= 0.6 is 11.3 Å². The number of anilines is 1. The molecule has 7 heteroatoms. The van der Waals surface area contributed by atoms with Crippen molar-refractivity contribution in [3.8, 4) is 10.4 Å². The van der Waals surface area contributed by atoms with Crippen molar-refractivity contribution in [3.05, 3.63) is 42.2 Å². The van der Waals surface area contributed by atoms with Crippen molar-refractivity contribution in [2.45, 2.75) is 13.0 Å². The predicted octanol–water partition coefficient (Wildman–Crippen LogP) is 1.93. The zero-order valence-corrected chi connectivity index (χ0v) is 14.7. The summed E-state index contributed by atoms with van der Waals surface area (Å²) in [6.07, 6.45) is 1.60. The van der Waals surface area contributed by atoms with Gasteiger partial charge < -0.3 is 16.0 Å². The summed E-state index contributed by atoms with van der Waals surface area (Å²) in [5, 5.41) is 4.22. The van der Waals surface area contributed by atoms with Crippen molar-refractivity contribution in [2.24, 2.45) is 5.73 Å². The van der Waals surface area contributed by atoms with Gasteiger partial charge in [0, 0.05) is 24.5 Å². The second kappa shape index (κ2) is 6.42. The Morgan fingerprint density at radius 3 is 2.88 bits per heavy atom. The molecule has 1 fully saturated rings. The number of rotatable bonds is 3. The number of fused-ring (bicyclic) bond motifs is 1. The van der Waals surface area contributed by atoms with Crippen molar-refractivity contribution in [2.75, 3.05) is 24.5 Å². The molecule has 25 heavy (non-hydrogen) atoms. The standard InChI is InChI=1S/C18H19N5OS/c1-11-14-17(23-8-7-20-13(9-23)16(19)24)21-10-22-18(14)25-15(11)12-5-3-2-4-6-12/h2-6,10,13,20H,7-9H2,1H3,(H2,19,24)/t13-/m1/s1. The van der Waals surface area contributed by atoms with Gasteiger partial charge in [0.25, 0.3) is 0 Å². The number of hydrogen-bond donors (Lipinski definition) is 2. The molecule has 0 aliphatic carbocycles. The normalized spacial score (nSPS) is 17.8. The van der Waals surface area contributed by atoms with Gasteiger partial charge in [0.1, 0.15) is 23.0 Å². The topological polar surface area (TPSA) is 84.1 Å². The van der Waals surface area contributed by atoms with Gasteiger partial charge in [-0.05, 0) is 18.1 Å². The number of hydrogen-bond acceptors (Lipinski definition) is 6. The molecule has 1 aromatic carbocycles. The largest absolute Gasteiger partial charge is 0.368 e. The highest BCUT2D eigenvalue weighted by molar-refractivity contribution is 7.22. The molecule has 0 unspecified atom stereocenters. The smallest absolute Gasteiger partial charge is 0.236 e. The van der Waals surface area contributed by atoms with Crippen LogP contribution in [0.3, 0.4) is 0 Å². The maximum absolute atomic E-state index is 11.6. The first-order valence-electron chi connectivity index (χ1n) is 8.22. The van der Waals surface area contributed by atoms with Crippen LogP contribution < -0.4 is 16.0 Å². The van der Waals surface area contributed by atoms with Gasteiger partial charge in [-0.1, -0.05) is 30.3 Å². The Kier molecular flexibility index (Phi) is 4.10. The Labute approximate surface area is 149 Å². The third-order valence-electron chi connectivity index (χ3n) is 4.56. The minimum atomic E-state index is -0.355. The predicted molar refractivity (Wildman–Crippen MR) is 101 cm³/mol. The third-order valence-corrected chi connectivity index (χ3v) is 5.81. The minimum absolute atomic E-state index is 0.331. The van der Waals surface area contributed by atoms with Crippen LogP contribution in [0.15, 0.2) is 36.7 Å². The van der Waals surface area contributed by atoms with E-state index >= 15 is 0 Å². The lowest BCUT2D eigenvalue weighted by molar-refractivity contribution is -0.120. The summed E-state index contributed by atoms with van der Waals surface area (Å²) in [5.41, 5.74) is 7.83. The first kappa shape index (κ1) is 16.0. The molecule has 1 amide bonds. The molecule has 0 spiro atoms. The van der Waals surface area contributed by atoms with E-state index in [1.807, 2.05) is 18.2 Å². The van der Waals surface area contributed by atoms with Crippen LogP contribution in [-0.4, -0.2) is 41.6 Å². The molecule has 1 aliphatic rings. The van der Waals surface area contributed by atoms with Crippen LogP contribution in [0, 0.1) is 6.92 Å². The van der Waals surface area contributed by atoms with Crippen molar-refractivity contribution < 1.29 is 4.79 Å². The number of benzene rings is 1. The summed E-state index contributed by atoms with van der Waals surface area (Å²) in [6, 6.07) is 9.96. The van der Waals surface area contributed by atoms with Gasteiger partial charge in [-0.3, -0.25) is 4.79 Å². The fourth-order valence-corrected chi connectivity index (χ4v) is 4.44. The molecular formula is C18H19N5OS. The maximum atomic E-state index is 11.6. The van der Waals surface area contributed by atoms with Crippen molar-refractivity contribution in [3.63, 3.8) is 0 Å². The average Bonchev–Trinajstić information content (AvgIpc) is 2.99. The summed E-state index contributed by atoms with van der Waals surface area (Å²) in [7, 11) is 0. The lowest BCUT2D eigenvalue weighted by atomic mass is 10.1. The van der Waals surface area contributed by atoms with E-state index in [1.54, 1.807) is 17.7 Å². The number of carbonyl (C=O) groups is 1. The van der Waals surface area contributed by atoms with Crippen LogP contribution in [0.1, 0.15) is 5.56 Å². The monoisotopic (exact) mass is 353 g/mol. The number of nitrogens with zero attached hydrogens (tertiary/aromatic N) is 3. The number of nitrogens with one attached hydrogen (secondary N) is 1. The molecule has 1 atom stereocenters. The number of aryl methyl sites for hydroxylation is 1. The minimum Gasteiger partial charge on any atom is -0.368 e. The van der Waals surface area contributed by atoms with Gasteiger partial charge in [-0.2, -0.15) is 0 Å². The first-order chi connectivity index (χ1) is 12.1. The summed E-state index contributed by atoms with van der Waals surface area (Å²) >= 11 is 1.68. The molecule has 0 bridgehead atoms. The van der Waals surface area contributed by atoms with Gasteiger partial charge in [-0.25, -0.2) is 9.97 Å². The highest BCUT2D eigenvalue weighted by Gasteiger charge is 2.26. The molecule has 1 aliphatic heterocycles. The quantitative estimate of drug-likeness (QED) is 0.752.